The van der Waals surface area contributed by atoms with E-state index in [-0.39, 0.29) is 54.6 Å². The number of nitrogens with zero attached hydrogens (tertiary/aromatic N) is 6. The van der Waals surface area contributed by atoms with Crippen molar-refractivity contribution >= 4 is 33.7 Å². The van der Waals surface area contributed by atoms with E-state index in [1.54, 1.807) is 29.8 Å². The topological polar surface area (TPSA) is 124 Å². The molecule has 1 saturated carbocycles. The van der Waals surface area contributed by atoms with Gasteiger partial charge in [0.25, 0.3) is 0 Å². The number of phenolic OH excluding ortho intramolecular Hbond substituents is 1. The highest BCUT2D eigenvalue weighted by Crippen LogP contribution is 2.53. The van der Waals surface area contributed by atoms with Gasteiger partial charge in [-0.1, -0.05) is 0 Å². The lowest BCUT2D eigenvalue weighted by Crippen LogP contribution is -2.39. The molecule has 1 aliphatic carbocycles. The van der Waals surface area contributed by atoms with E-state index >= 15 is 4.39 Å². The SMILES string of the molecule is CO[C@@H](C)COc1nc(N(C)[C@H]2CCN(C(=O)OC(C)(C)C)C2)c2cc(C3CC3)c(-c3c(C)c(F)cc4c3cnn4C3CCCCO3)c(O)c2n1. The molecule has 4 heterocycles. The third-order valence-electron chi connectivity index (χ3n) is 10.3. The Morgan fingerprint density at radius 2 is 1.92 bits per heavy atom. The first-order valence-corrected chi connectivity index (χ1v) is 18.1. The minimum Gasteiger partial charge on any atom is -0.505 e. The molecular formula is C38H49FN6O6. The van der Waals surface area contributed by atoms with Gasteiger partial charge >= 0.3 is 12.1 Å². The Morgan fingerprint density at radius 3 is 2.61 bits per heavy atom. The minimum absolute atomic E-state index is 0.0606. The number of anilines is 1. The molecule has 1 unspecified atom stereocenters. The number of methoxy groups -OCH3 is 1. The number of likely N-dealkylation sites (N-methyl/N-ethyl adjacent to an activating group) is 1. The van der Waals surface area contributed by atoms with Gasteiger partial charge in [-0.15, -0.1) is 0 Å². The zero-order chi connectivity index (χ0) is 36.2. The fourth-order valence-corrected chi connectivity index (χ4v) is 7.26. The number of fused-ring (bicyclic) bond motifs is 2. The van der Waals surface area contributed by atoms with Crippen LogP contribution in [0.5, 0.6) is 11.8 Å². The summed E-state index contributed by atoms with van der Waals surface area (Å²) < 4.78 is 40.9. The van der Waals surface area contributed by atoms with Crippen LogP contribution in [0.25, 0.3) is 32.9 Å². The number of ether oxygens (including phenoxy) is 4. The molecule has 2 saturated heterocycles. The molecule has 13 heteroatoms. The molecule has 1 amide bonds. The lowest BCUT2D eigenvalue weighted by Gasteiger charge is -2.29. The van der Waals surface area contributed by atoms with Crippen LogP contribution in [0.4, 0.5) is 15.0 Å². The molecule has 7 rings (SSSR count). The molecule has 0 spiro atoms. The van der Waals surface area contributed by atoms with Crippen molar-refractivity contribution in [3.05, 3.63) is 35.3 Å². The van der Waals surface area contributed by atoms with Gasteiger partial charge in [0.1, 0.15) is 35.1 Å². The lowest BCUT2D eigenvalue weighted by atomic mass is 9.88. The molecule has 2 aromatic carbocycles. The molecule has 12 nitrogen and oxygen atoms in total. The smallest absolute Gasteiger partial charge is 0.410 e. The average Bonchev–Trinajstić information content (AvgIpc) is 3.67. The third-order valence-corrected chi connectivity index (χ3v) is 10.3. The highest BCUT2D eigenvalue weighted by atomic mass is 19.1. The maximum absolute atomic E-state index is 15.9. The normalized spacial score (nSPS) is 20.3. The van der Waals surface area contributed by atoms with Crippen molar-refractivity contribution in [2.75, 3.05) is 45.4 Å². The van der Waals surface area contributed by atoms with E-state index in [2.05, 4.69) is 6.07 Å². The summed E-state index contributed by atoms with van der Waals surface area (Å²) in [6.07, 6.45) is 6.29. The van der Waals surface area contributed by atoms with E-state index in [1.807, 2.05) is 39.6 Å². The van der Waals surface area contributed by atoms with Gasteiger partial charge in [0.05, 0.1) is 17.8 Å². The summed E-state index contributed by atoms with van der Waals surface area (Å²) in [6, 6.07) is 3.58. The molecule has 2 aromatic heterocycles. The fourth-order valence-electron chi connectivity index (χ4n) is 7.26. The number of aromatic hydroxyl groups is 1. The second-order valence-corrected chi connectivity index (χ2v) is 15.2. The van der Waals surface area contributed by atoms with Crippen molar-refractivity contribution in [3.63, 3.8) is 0 Å². The Hall–Kier alpha value is -4.23. The zero-order valence-corrected chi connectivity index (χ0v) is 30.7. The Labute approximate surface area is 297 Å². The quantitative estimate of drug-likeness (QED) is 0.191. The third kappa shape index (κ3) is 6.90. The predicted octanol–water partition coefficient (Wildman–Crippen LogP) is 7.24. The summed E-state index contributed by atoms with van der Waals surface area (Å²) in [5.74, 6) is 0.307. The molecule has 4 aromatic rings. The highest BCUT2D eigenvalue weighted by Gasteiger charge is 2.36. The number of carbonyl (C=O) groups is 1. The van der Waals surface area contributed by atoms with E-state index in [1.165, 1.54) is 6.07 Å². The molecule has 3 atom stereocenters. The lowest BCUT2D eigenvalue weighted by molar-refractivity contribution is -0.0366. The van der Waals surface area contributed by atoms with Crippen LogP contribution in [0, 0.1) is 12.7 Å². The van der Waals surface area contributed by atoms with Gasteiger partial charge in [0.15, 0.2) is 6.23 Å². The standard InChI is InChI=1S/C38H49FN6O6/c1-21(48-7)20-50-36-41-33-26(35(42-36)43(6)24-13-14-44(19-24)37(47)51-38(3,4)5)16-25(23-11-12-23)32(34(33)46)31-22(2)28(39)17-29-27(31)18-40-45(29)30-10-8-9-15-49-30/h16-18,21,23-24,30,46H,8-15,19-20H2,1-7H3/t21-,24-,30?/m0/s1. The zero-order valence-electron chi connectivity index (χ0n) is 30.7. The van der Waals surface area contributed by atoms with Gasteiger partial charge in [-0.25, -0.2) is 13.9 Å². The van der Waals surface area contributed by atoms with Crippen LogP contribution in [0.1, 0.15) is 89.5 Å². The van der Waals surface area contributed by atoms with Crippen LogP contribution in [-0.4, -0.2) is 94.1 Å². The summed E-state index contributed by atoms with van der Waals surface area (Å²) in [4.78, 5) is 26.4. The predicted molar refractivity (Wildman–Crippen MR) is 192 cm³/mol. The molecule has 0 radical (unpaired) electrons. The van der Waals surface area contributed by atoms with Crippen LogP contribution >= 0.6 is 0 Å². The monoisotopic (exact) mass is 704 g/mol. The molecule has 3 fully saturated rings. The van der Waals surface area contributed by atoms with Crippen LogP contribution in [-0.2, 0) is 14.2 Å². The number of hydrogen-bond donors (Lipinski definition) is 1. The second-order valence-electron chi connectivity index (χ2n) is 15.2. The number of halogens is 1. The van der Waals surface area contributed by atoms with Crippen LogP contribution in [0.2, 0.25) is 0 Å². The first-order chi connectivity index (χ1) is 24.3. The Kier molecular flexibility index (Phi) is 9.47. The number of phenols is 1. The van der Waals surface area contributed by atoms with Gasteiger partial charge in [0.2, 0.25) is 0 Å². The van der Waals surface area contributed by atoms with E-state index in [4.69, 9.17) is 34.0 Å². The molecule has 1 N–H and O–H groups in total. The number of rotatable bonds is 9. The van der Waals surface area contributed by atoms with Crippen molar-refractivity contribution in [2.45, 2.75) is 103 Å². The van der Waals surface area contributed by atoms with Crippen molar-refractivity contribution in [1.29, 1.82) is 0 Å². The number of likely N-dealkylation sites (tertiary alicyclic amines) is 1. The first kappa shape index (κ1) is 35.2. The molecule has 51 heavy (non-hydrogen) atoms. The number of carbonyl (C=O) groups excluding carboxylic acids is 1. The number of hydrogen-bond acceptors (Lipinski definition) is 10. The maximum atomic E-state index is 15.9. The largest absolute Gasteiger partial charge is 0.505 e. The summed E-state index contributed by atoms with van der Waals surface area (Å²) in [5.41, 5.74) is 2.81. The van der Waals surface area contributed by atoms with Gasteiger partial charge in [-0.2, -0.15) is 15.1 Å². The molecule has 274 valence electrons. The van der Waals surface area contributed by atoms with E-state index in [9.17, 15) is 9.90 Å². The Morgan fingerprint density at radius 1 is 1.14 bits per heavy atom. The van der Waals surface area contributed by atoms with Crippen LogP contribution in [0.3, 0.4) is 0 Å². The van der Waals surface area contributed by atoms with Crippen molar-refractivity contribution < 1.29 is 33.2 Å². The summed E-state index contributed by atoms with van der Waals surface area (Å²) >= 11 is 0. The van der Waals surface area contributed by atoms with E-state index < -0.39 is 5.60 Å². The Balaban J connectivity index is 1.37. The molecular weight excluding hydrogens is 655 g/mol. The van der Waals surface area contributed by atoms with Crippen LogP contribution < -0.4 is 9.64 Å². The average molecular weight is 705 g/mol. The van der Waals surface area contributed by atoms with Gasteiger partial charge < -0.3 is 33.9 Å². The molecule has 2 aliphatic heterocycles. The summed E-state index contributed by atoms with van der Waals surface area (Å²) in [7, 11) is 3.55. The number of aromatic nitrogens is 4. The van der Waals surface area contributed by atoms with Crippen LogP contribution in [0.15, 0.2) is 18.3 Å². The van der Waals surface area contributed by atoms with Crippen molar-refractivity contribution in [2.24, 2.45) is 0 Å². The van der Waals surface area contributed by atoms with Gasteiger partial charge in [-0.05, 0) is 96.3 Å². The molecule has 3 aliphatic rings. The Bertz CT molecular complexity index is 1950. The first-order valence-electron chi connectivity index (χ1n) is 18.1. The fraction of sp³-hybridized carbons (Fsp3) is 0.579. The second kappa shape index (κ2) is 13.7. The highest BCUT2D eigenvalue weighted by molar-refractivity contribution is 6.06. The minimum atomic E-state index is -0.599. The van der Waals surface area contributed by atoms with Gasteiger partial charge in [0, 0.05) is 67.9 Å². The molecule has 0 bridgehead atoms. The number of benzene rings is 2. The summed E-state index contributed by atoms with van der Waals surface area (Å²) in [5, 5.41) is 18.5. The summed E-state index contributed by atoms with van der Waals surface area (Å²) in [6.45, 7) is 11.0. The van der Waals surface area contributed by atoms with Crippen molar-refractivity contribution in [1.82, 2.24) is 24.6 Å². The van der Waals surface area contributed by atoms with Gasteiger partial charge in [-0.3, -0.25) is 0 Å². The maximum Gasteiger partial charge on any atom is 0.410 e. The van der Waals surface area contributed by atoms with E-state index in [0.717, 1.165) is 43.1 Å². The number of amides is 1. The van der Waals surface area contributed by atoms with Crippen molar-refractivity contribution in [3.8, 4) is 22.9 Å². The van der Waals surface area contributed by atoms with E-state index in [0.29, 0.717) is 65.0 Å².